The Labute approximate surface area is 63.6 Å². The van der Waals surface area contributed by atoms with Crippen molar-refractivity contribution in [1.82, 2.24) is 0 Å². The second-order valence-electron chi connectivity index (χ2n) is 2.88. The molecule has 0 aliphatic carbocycles. The van der Waals surface area contributed by atoms with Crippen molar-refractivity contribution < 1.29 is 17.6 Å². The van der Waals surface area contributed by atoms with Gasteiger partial charge in [-0.05, 0) is 12.8 Å². The summed E-state index contributed by atoms with van der Waals surface area (Å²) < 4.78 is 48.6. The summed E-state index contributed by atoms with van der Waals surface area (Å²) >= 11 is 0. The lowest BCUT2D eigenvalue weighted by atomic mass is 9.90. The zero-order valence-electron chi connectivity index (χ0n) is 6.80. The third-order valence-electron chi connectivity index (χ3n) is 2.09. The number of rotatable bonds is 2. The standard InChI is InChI=1S/C7H12F4/c1-4-5(2)6(3,8)7(9,10)11/h5H,4H2,1-3H3. The third-order valence-corrected chi connectivity index (χ3v) is 2.09. The summed E-state index contributed by atoms with van der Waals surface area (Å²) in [5.41, 5.74) is -3.05. The van der Waals surface area contributed by atoms with Crippen LogP contribution in [-0.2, 0) is 0 Å². The monoisotopic (exact) mass is 172 g/mol. The summed E-state index contributed by atoms with van der Waals surface area (Å²) in [5.74, 6) is -0.984. The van der Waals surface area contributed by atoms with Crippen molar-refractivity contribution in [2.24, 2.45) is 5.92 Å². The van der Waals surface area contributed by atoms with Gasteiger partial charge in [0.25, 0.3) is 0 Å². The zero-order valence-corrected chi connectivity index (χ0v) is 6.80. The molecule has 0 rings (SSSR count). The highest BCUT2D eigenvalue weighted by molar-refractivity contribution is 4.86. The molecule has 0 radical (unpaired) electrons. The van der Waals surface area contributed by atoms with Crippen molar-refractivity contribution in [2.75, 3.05) is 0 Å². The van der Waals surface area contributed by atoms with E-state index in [-0.39, 0.29) is 6.42 Å². The number of hydrogen-bond donors (Lipinski definition) is 0. The lowest BCUT2D eigenvalue weighted by molar-refractivity contribution is -0.240. The van der Waals surface area contributed by atoms with Gasteiger partial charge in [0.05, 0.1) is 0 Å². The molecule has 0 N–H and O–H groups in total. The summed E-state index contributed by atoms with van der Waals surface area (Å²) in [4.78, 5) is 0. The molecule has 2 unspecified atom stereocenters. The Hall–Kier alpha value is -0.280. The van der Waals surface area contributed by atoms with Crippen LogP contribution in [0.1, 0.15) is 27.2 Å². The fourth-order valence-corrected chi connectivity index (χ4v) is 0.663. The minimum absolute atomic E-state index is 0.187. The van der Waals surface area contributed by atoms with Gasteiger partial charge in [-0.25, -0.2) is 4.39 Å². The minimum Gasteiger partial charge on any atom is -0.234 e. The molecule has 11 heavy (non-hydrogen) atoms. The van der Waals surface area contributed by atoms with Gasteiger partial charge in [0.1, 0.15) is 0 Å². The number of hydrogen-bond acceptors (Lipinski definition) is 0. The van der Waals surface area contributed by atoms with E-state index in [1.807, 2.05) is 0 Å². The first-order valence-electron chi connectivity index (χ1n) is 3.49. The molecule has 68 valence electrons. The summed E-state index contributed by atoms with van der Waals surface area (Å²) in [6.07, 6.45) is -4.56. The quantitative estimate of drug-likeness (QED) is 0.560. The van der Waals surface area contributed by atoms with Crippen LogP contribution in [0.4, 0.5) is 17.6 Å². The summed E-state index contributed by atoms with van der Waals surface area (Å²) in [6, 6.07) is 0. The average Bonchev–Trinajstić information content (AvgIpc) is 1.83. The topological polar surface area (TPSA) is 0 Å². The molecule has 0 fully saturated rings. The molecule has 0 spiro atoms. The van der Waals surface area contributed by atoms with Crippen LogP contribution in [0.3, 0.4) is 0 Å². The maximum Gasteiger partial charge on any atom is 0.422 e. The lowest BCUT2D eigenvalue weighted by Crippen LogP contribution is -2.43. The van der Waals surface area contributed by atoms with Gasteiger partial charge < -0.3 is 0 Å². The highest BCUT2D eigenvalue weighted by Crippen LogP contribution is 2.40. The average molecular weight is 172 g/mol. The Morgan fingerprint density at radius 2 is 1.55 bits per heavy atom. The van der Waals surface area contributed by atoms with Crippen LogP contribution < -0.4 is 0 Å². The summed E-state index contributed by atoms with van der Waals surface area (Å²) in [7, 11) is 0. The smallest absolute Gasteiger partial charge is 0.234 e. The molecule has 0 heterocycles. The molecule has 0 bridgehead atoms. The molecular formula is C7H12F4. The molecule has 2 atom stereocenters. The van der Waals surface area contributed by atoms with E-state index in [1.165, 1.54) is 13.8 Å². The Balaban J connectivity index is 4.45. The number of halogens is 4. The van der Waals surface area contributed by atoms with Crippen molar-refractivity contribution >= 4 is 0 Å². The Morgan fingerprint density at radius 1 is 1.18 bits per heavy atom. The van der Waals surface area contributed by atoms with Gasteiger partial charge >= 0.3 is 6.18 Å². The third kappa shape index (κ3) is 2.07. The fourth-order valence-electron chi connectivity index (χ4n) is 0.663. The summed E-state index contributed by atoms with van der Waals surface area (Å²) in [6.45, 7) is 3.38. The molecule has 4 heteroatoms. The molecular weight excluding hydrogens is 160 g/mol. The van der Waals surface area contributed by atoms with Gasteiger partial charge in [0.2, 0.25) is 5.67 Å². The normalized spacial score (nSPS) is 21.0. The van der Waals surface area contributed by atoms with Gasteiger partial charge in [0.15, 0.2) is 0 Å². The van der Waals surface area contributed by atoms with Crippen molar-refractivity contribution in [1.29, 1.82) is 0 Å². The predicted octanol–water partition coefficient (Wildman–Crippen LogP) is 3.32. The van der Waals surface area contributed by atoms with Gasteiger partial charge in [0, 0.05) is 0 Å². The molecule has 0 aromatic carbocycles. The van der Waals surface area contributed by atoms with Gasteiger partial charge in [-0.3, -0.25) is 0 Å². The van der Waals surface area contributed by atoms with Crippen LogP contribution in [0.15, 0.2) is 0 Å². The predicted molar refractivity (Wildman–Crippen MR) is 35.0 cm³/mol. The second kappa shape index (κ2) is 2.99. The largest absolute Gasteiger partial charge is 0.422 e. The Bertz CT molecular complexity index is 125. The lowest BCUT2D eigenvalue weighted by Gasteiger charge is -2.28. The van der Waals surface area contributed by atoms with Crippen molar-refractivity contribution in [3.05, 3.63) is 0 Å². The first kappa shape index (κ1) is 10.7. The van der Waals surface area contributed by atoms with E-state index < -0.39 is 17.8 Å². The first-order chi connectivity index (χ1) is 4.73. The molecule has 0 aromatic heterocycles. The van der Waals surface area contributed by atoms with Crippen LogP contribution >= 0.6 is 0 Å². The van der Waals surface area contributed by atoms with Crippen LogP contribution in [0.25, 0.3) is 0 Å². The van der Waals surface area contributed by atoms with E-state index in [2.05, 4.69) is 0 Å². The second-order valence-corrected chi connectivity index (χ2v) is 2.88. The van der Waals surface area contributed by atoms with E-state index in [1.54, 1.807) is 0 Å². The van der Waals surface area contributed by atoms with Crippen LogP contribution in [0.2, 0.25) is 0 Å². The zero-order chi connectivity index (χ0) is 9.28. The van der Waals surface area contributed by atoms with Crippen molar-refractivity contribution in [3.63, 3.8) is 0 Å². The van der Waals surface area contributed by atoms with Crippen molar-refractivity contribution in [3.8, 4) is 0 Å². The summed E-state index contributed by atoms with van der Waals surface area (Å²) in [5, 5.41) is 0. The SMILES string of the molecule is CCC(C)C(C)(F)C(F)(F)F. The molecule has 0 aliphatic rings. The van der Waals surface area contributed by atoms with E-state index in [0.717, 1.165) is 0 Å². The Morgan fingerprint density at radius 3 is 1.64 bits per heavy atom. The van der Waals surface area contributed by atoms with Gasteiger partial charge in [-0.2, -0.15) is 13.2 Å². The Kier molecular flexibility index (Phi) is 2.91. The van der Waals surface area contributed by atoms with Crippen LogP contribution in [-0.4, -0.2) is 11.8 Å². The fraction of sp³-hybridized carbons (Fsp3) is 1.00. The van der Waals surface area contributed by atoms with Crippen molar-refractivity contribution in [2.45, 2.75) is 39.0 Å². The van der Waals surface area contributed by atoms with Gasteiger partial charge in [-0.15, -0.1) is 0 Å². The van der Waals surface area contributed by atoms with E-state index in [9.17, 15) is 17.6 Å². The van der Waals surface area contributed by atoms with Crippen LogP contribution in [0, 0.1) is 5.92 Å². The highest BCUT2D eigenvalue weighted by Gasteiger charge is 2.54. The highest BCUT2D eigenvalue weighted by atomic mass is 19.4. The molecule has 0 saturated carbocycles. The van der Waals surface area contributed by atoms with Crippen LogP contribution in [0.5, 0.6) is 0 Å². The van der Waals surface area contributed by atoms with E-state index >= 15 is 0 Å². The molecule has 0 aliphatic heterocycles. The molecule has 0 nitrogen and oxygen atoms in total. The molecule has 0 amide bonds. The molecule has 0 saturated heterocycles. The van der Waals surface area contributed by atoms with E-state index in [4.69, 9.17) is 0 Å². The maximum atomic E-state index is 12.9. The first-order valence-corrected chi connectivity index (χ1v) is 3.49. The minimum atomic E-state index is -4.75. The molecule has 0 aromatic rings. The maximum absolute atomic E-state index is 12.9. The van der Waals surface area contributed by atoms with E-state index in [0.29, 0.717) is 6.92 Å². The van der Waals surface area contributed by atoms with Gasteiger partial charge in [-0.1, -0.05) is 20.3 Å². The number of alkyl halides is 4.